The van der Waals surface area contributed by atoms with Crippen LogP contribution in [0.2, 0.25) is 0 Å². The fourth-order valence-corrected chi connectivity index (χ4v) is 8.60. The summed E-state index contributed by atoms with van der Waals surface area (Å²) in [5.74, 6) is 1.24. The molecule has 5 heterocycles. The number of nitrogens with one attached hydrogen (secondary N) is 4. The molecule has 13 heteroatoms. The first-order valence-electron chi connectivity index (χ1n) is 21.4. The predicted octanol–water partition coefficient (Wildman–Crippen LogP) is 7.22. The van der Waals surface area contributed by atoms with Gasteiger partial charge in [-0.15, -0.1) is 0 Å². The zero-order valence-electron chi connectivity index (χ0n) is 34.9. The number of aryl methyl sites for hydroxylation is 1. The summed E-state index contributed by atoms with van der Waals surface area (Å²) in [4.78, 5) is 50.8. The van der Waals surface area contributed by atoms with E-state index < -0.39 is 0 Å². The van der Waals surface area contributed by atoms with Crippen molar-refractivity contribution in [3.8, 4) is 11.3 Å². The van der Waals surface area contributed by atoms with Crippen molar-refractivity contribution in [2.45, 2.75) is 83.8 Å². The zero-order valence-corrected chi connectivity index (χ0v) is 34.9. The zero-order chi connectivity index (χ0) is 41.6. The predicted molar refractivity (Wildman–Crippen MR) is 235 cm³/mol. The van der Waals surface area contributed by atoms with E-state index in [2.05, 4.69) is 95.7 Å². The van der Waals surface area contributed by atoms with Gasteiger partial charge in [0, 0.05) is 73.7 Å². The molecule has 0 aliphatic carbocycles. The second-order valence-corrected chi connectivity index (χ2v) is 16.8. The van der Waals surface area contributed by atoms with Gasteiger partial charge in [-0.3, -0.25) is 24.4 Å². The Labute approximate surface area is 352 Å². The van der Waals surface area contributed by atoms with E-state index >= 15 is 0 Å². The summed E-state index contributed by atoms with van der Waals surface area (Å²) in [6.07, 6.45) is 10.8. The number of hydrogen-bond donors (Lipinski definition) is 4. The summed E-state index contributed by atoms with van der Waals surface area (Å²) < 4.78 is 1.78. The van der Waals surface area contributed by atoms with Gasteiger partial charge in [-0.05, 0) is 143 Å². The van der Waals surface area contributed by atoms with Crippen molar-refractivity contribution in [2.24, 2.45) is 5.92 Å². The fraction of sp³-hybridized carbons (Fsp3) is 0.404. The number of carbonyl (C=O) groups excluding carboxylic acids is 3. The van der Waals surface area contributed by atoms with Crippen LogP contribution in [0, 0.1) is 12.8 Å². The van der Waals surface area contributed by atoms with E-state index in [9.17, 15) is 14.4 Å². The molecule has 60 heavy (non-hydrogen) atoms. The summed E-state index contributed by atoms with van der Waals surface area (Å²) in [5.41, 5.74) is 8.94. The number of rotatable bonds is 13. The summed E-state index contributed by atoms with van der Waals surface area (Å²) in [6.45, 7) is 12.1. The Morgan fingerprint density at radius 3 is 2.33 bits per heavy atom. The van der Waals surface area contributed by atoms with Crippen LogP contribution in [-0.4, -0.2) is 81.1 Å². The normalized spacial score (nSPS) is 18.1. The SMILES string of the molecule is Cc1cc(-c2ccnc(Nc3ccc(N4CCC(CN5CCC(c6ccc(NC7CCC(=O)NC7=O)cc6)CC5)CC4)cc3)n2)ccc1CNC(=O)c1cnn(C(C)C)c1. The third kappa shape index (κ3) is 10.0. The number of nitrogens with zero attached hydrogens (tertiary/aromatic N) is 6. The van der Waals surface area contributed by atoms with Crippen molar-refractivity contribution < 1.29 is 14.4 Å². The summed E-state index contributed by atoms with van der Waals surface area (Å²) >= 11 is 0. The van der Waals surface area contributed by atoms with Crippen LogP contribution in [0.3, 0.4) is 0 Å². The van der Waals surface area contributed by atoms with Gasteiger partial charge in [0.05, 0.1) is 17.5 Å². The Bertz CT molecular complexity index is 2270. The van der Waals surface area contributed by atoms with E-state index in [-0.39, 0.29) is 29.8 Å². The fourth-order valence-electron chi connectivity index (χ4n) is 8.60. The van der Waals surface area contributed by atoms with Gasteiger partial charge in [-0.2, -0.15) is 5.10 Å². The summed E-state index contributed by atoms with van der Waals surface area (Å²) in [7, 11) is 0. The summed E-state index contributed by atoms with van der Waals surface area (Å²) in [5, 5.41) is 16.4. The van der Waals surface area contributed by atoms with E-state index in [1.807, 2.05) is 39.0 Å². The van der Waals surface area contributed by atoms with Crippen molar-refractivity contribution in [2.75, 3.05) is 48.3 Å². The molecule has 2 aromatic heterocycles. The summed E-state index contributed by atoms with van der Waals surface area (Å²) in [6, 6.07) is 25.0. The molecule has 0 radical (unpaired) electrons. The van der Waals surface area contributed by atoms with Crippen LogP contribution in [0.1, 0.15) is 91.4 Å². The Kier molecular flexibility index (Phi) is 12.5. The minimum absolute atomic E-state index is 0.140. The molecule has 0 bridgehead atoms. The smallest absolute Gasteiger partial charge is 0.254 e. The molecule has 3 aliphatic heterocycles. The van der Waals surface area contributed by atoms with Gasteiger partial charge in [-0.25, -0.2) is 9.97 Å². The first kappa shape index (κ1) is 40.7. The van der Waals surface area contributed by atoms with Crippen LogP contribution in [0.4, 0.5) is 23.0 Å². The molecular formula is C47H56N10O3. The number of hydrogen-bond acceptors (Lipinski definition) is 10. The van der Waals surface area contributed by atoms with Crippen LogP contribution in [-0.2, 0) is 16.1 Å². The third-order valence-electron chi connectivity index (χ3n) is 12.3. The van der Waals surface area contributed by atoms with Crippen LogP contribution in [0.5, 0.6) is 0 Å². The third-order valence-corrected chi connectivity index (χ3v) is 12.3. The van der Waals surface area contributed by atoms with Crippen molar-refractivity contribution in [3.05, 3.63) is 114 Å². The number of piperidine rings is 3. The first-order valence-corrected chi connectivity index (χ1v) is 21.4. The second kappa shape index (κ2) is 18.5. The molecule has 13 nitrogen and oxygen atoms in total. The Morgan fingerprint density at radius 1 is 0.883 bits per heavy atom. The van der Waals surface area contributed by atoms with Gasteiger partial charge < -0.3 is 25.8 Å². The lowest BCUT2D eigenvalue weighted by molar-refractivity contribution is -0.133. The van der Waals surface area contributed by atoms with E-state index in [0.717, 1.165) is 72.8 Å². The quantitative estimate of drug-likeness (QED) is 0.0899. The highest BCUT2D eigenvalue weighted by molar-refractivity contribution is 6.01. The number of likely N-dealkylation sites (tertiary alicyclic amines) is 1. The van der Waals surface area contributed by atoms with Crippen LogP contribution >= 0.6 is 0 Å². The highest BCUT2D eigenvalue weighted by atomic mass is 16.2. The van der Waals surface area contributed by atoms with Crippen LogP contribution in [0.15, 0.2) is 91.4 Å². The van der Waals surface area contributed by atoms with Gasteiger partial charge >= 0.3 is 0 Å². The van der Waals surface area contributed by atoms with E-state index in [0.29, 0.717) is 42.7 Å². The van der Waals surface area contributed by atoms with Crippen molar-refractivity contribution in [1.82, 2.24) is 35.3 Å². The average molecular weight is 809 g/mol. The average Bonchev–Trinajstić information content (AvgIpc) is 3.77. The number of aromatic nitrogens is 4. The number of anilines is 4. The second-order valence-electron chi connectivity index (χ2n) is 16.8. The largest absolute Gasteiger partial charge is 0.374 e. The van der Waals surface area contributed by atoms with Crippen molar-refractivity contribution in [3.63, 3.8) is 0 Å². The topological polar surface area (TPSA) is 149 Å². The molecule has 3 saturated heterocycles. The lowest BCUT2D eigenvalue weighted by atomic mass is 9.88. The Balaban J connectivity index is 0.763. The van der Waals surface area contributed by atoms with E-state index in [1.165, 1.54) is 30.6 Å². The molecule has 3 amide bonds. The molecule has 5 aromatic rings. The highest BCUT2D eigenvalue weighted by Crippen LogP contribution is 2.32. The Hall–Kier alpha value is -6.08. The highest BCUT2D eigenvalue weighted by Gasteiger charge is 2.28. The molecule has 0 saturated carbocycles. The molecule has 1 unspecified atom stereocenters. The molecule has 3 fully saturated rings. The molecule has 8 rings (SSSR count). The Morgan fingerprint density at radius 2 is 1.63 bits per heavy atom. The molecule has 312 valence electrons. The monoisotopic (exact) mass is 808 g/mol. The van der Waals surface area contributed by atoms with Gasteiger partial charge in [0.15, 0.2) is 0 Å². The van der Waals surface area contributed by atoms with Crippen LogP contribution in [0.25, 0.3) is 11.3 Å². The minimum atomic E-state index is -0.358. The van der Waals surface area contributed by atoms with E-state index in [4.69, 9.17) is 4.98 Å². The minimum Gasteiger partial charge on any atom is -0.374 e. The first-order chi connectivity index (χ1) is 29.1. The molecule has 3 aliphatic rings. The van der Waals surface area contributed by atoms with Crippen molar-refractivity contribution in [1.29, 1.82) is 0 Å². The molecule has 3 aromatic carbocycles. The number of imide groups is 1. The van der Waals surface area contributed by atoms with Gasteiger partial charge in [0.1, 0.15) is 6.04 Å². The maximum absolute atomic E-state index is 12.7. The molecule has 0 spiro atoms. The van der Waals surface area contributed by atoms with Crippen LogP contribution < -0.4 is 26.2 Å². The number of benzene rings is 3. The number of carbonyl (C=O) groups is 3. The van der Waals surface area contributed by atoms with Gasteiger partial charge in [0.2, 0.25) is 17.8 Å². The molecule has 1 atom stereocenters. The van der Waals surface area contributed by atoms with Gasteiger partial charge in [0.25, 0.3) is 5.91 Å². The van der Waals surface area contributed by atoms with Crippen molar-refractivity contribution >= 4 is 40.7 Å². The molecular weight excluding hydrogens is 753 g/mol. The lowest BCUT2D eigenvalue weighted by Crippen LogP contribution is -2.47. The van der Waals surface area contributed by atoms with E-state index in [1.54, 1.807) is 23.3 Å². The molecule has 4 N–H and O–H groups in total. The number of amides is 3. The van der Waals surface area contributed by atoms with Gasteiger partial charge in [-0.1, -0.05) is 24.3 Å². The standard InChI is InChI=1S/C47H56N10O3/c1-31(2)57-30-38(28-50-57)45(59)49-27-37-5-4-36(26-32(37)3)42-16-21-48-47(53-42)52-40-10-12-41(13-11-40)56-24-17-33(18-25-56)29-55-22-19-35(20-23-55)34-6-8-39(9-7-34)51-43-14-15-44(58)54-46(43)60/h4-13,16,21,26,28,30-31,33,35,43,51H,14-15,17-20,22-25,27,29H2,1-3H3,(H,49,59)(H,48,52,53)(H,54,58,60). The maximum atomic E-state index is 12.7. The lowest BCUT2D eigenvalue weighted by Gasteiger charge is -2.38. The maximum Gasteiger partial charge on any atom is 0.254 e.